The number of rotatable bonds is 6. The van der Waals surface area contributed by atoms with Crippen LogP contribution in [0.4, 0.5) is 0 Å². The molecule has 172 valence electrons. The molecule has 0 radical (unpaired) electrons. The molecule has 2 aliphatic rings. The van der Waals surface area contributed by atoms with E-state index >= 15 is 0 Å². The molecule has 0 bridgehead atoms. The van der Waals surface area contributed by atoms with Crippen molar-refractivity contribution >= 4 is 23.3 Å². The zero-order valence-corrected chi connectivity index (χ0v) is 20.0. The van der Waals surface area contributed by atoms with Gasteiger partial charge >= 0.3 is 0 Å². The summed E-state index contributed by atoms with van der Waals surface area (Å²) in [5, 5.41) is 0. The predicted molar refractivity (Wildman–Crippen MR) is 136 cm³/mol. The maximum atomic E-state index is 11.5. The Bertz CT molecular complexity index is 1100. The standard InChI is InChI=1S/C28H34N4O/c1-19(16-27-20(2)30-13-10-26(27)25-8-9-28(29)31-17-25)18-32-14-11-24(12-15-32)23-6-4-22(5-7-23)21(3)33/h4-7,10,13,16-17,24H,8-9,11-12,14-15,18H2,1-3H3,(H2,29,31)/b19-16+. The summed E-state index contributed by atoms with van der Waals surface area (Å²) in [5.41, 5.74) is 14.0. The summed E-state index contributed by atoms with van der Waals surface area (Å²) >= 11 is 0. The van der Waals surface area contributed by atoms with Gasteiger partial charge in [-0.3, -0.25) is 14.7 Å². The Hall–Kier alpha value is -3.05. The number of ketones is 1. The first-order valence-corrected chi connectivity index (χ1v) is 11.9. The molecule has 33 heavy (non-hydrogen) atoms. The zero-order valence-electron chi connectivity index (χ0n) is 20.0. The number of aromatic nitrogens is 1. The third kappa shape index (κ3) is 5.66. The Morgan fingerprint density at radius 3 is 2.48 bits per heavy atom. The van der Waals surface area contributed by atoms with Crippen molar-refractivity contribution in [3.8, 4) is 0 Å². The lowest BCUT2D eigenvalue weighted by Gasteiger charge is -2.32. The van der Waals surface area contributed by atoms with Gasteiger partial charge in [0.15, 0.2) is 5.78 Å². The van der Waals surface area contributed by atoms with Gasteiger partial charge in [0.25, 0.3) is 0 Å². The summed E-state index contributed by atoms with van der Waals surface area (Å²) in [7, 11) is 0. The summed E-state index contributed by atoms with van der Waals surface area (Å²) < 4.78 is 0. The molecular weight excluding hydrogens is 408 g/mol. The van der Waals surface area contributed by atoms with Gasteiger partial charge in [-0.25, -0.2) is 4.99 Å². The fraction of sp³-hybridized carbons (Fsp3) is 0.393. The number of aliphatic imine (C=N–C) groups is 1. The Morgan fingerprint density at radius 2 is 1.85 bits per heavy atom. The molecule has 1 fully saturated rings. The first-order valence-electron chi connectivity index (χ1n) is 11.9. The van der Waals surface area contributed by atoms with Crippen molar-refractivity contribution in [1.29, 1.82) is 0 Å². The molecule has 0 spiro atoms. The summed E-state index contributed by atoms with van der Waals surface area (Å²) in [6, 6.07) is 10.3. The number of nitrogens with two attached hydrogens (primary N) is 1. The first kappa shape index (κ1) is 23.1. The van der Waals surface area contributed by atoms with Gasteiger partial charge in [0.2, 0.25) is 0 Å². The molecule has 2 aromatic rings. The van der Waals surface area contributed by atoms with Crippen LogP contribution in [0.2, 0.25) is 0 Å². The number of carbonyl (C=O) groups excluding carboxylic acids is 1. The molecule has 1 saturated heterocycles. The van der Waals surface area contributed by atoms with Crippen LogP contribution in [0.25, 0.3) is 11.6 Å². The van der Waals surface area contributed by atoms with Crippen LogP contribution in [0.3, 0.4) is 0 Å². The van der Waals surface area contributed by atoms with Crippen LogP contribution in [0.5, 0.6) is 0 Å². The molecule has 0 atom stereocenters. The molecule has 0 aliphatic carbocycles. The Morgan fingerprint density at radius 1 is 1.12 bits per heavy atom. The van der Waals surface area contributed by atoms with E-state index in [4.69, 9.17) is 5.73 Å². The van der Waals surface area contributed by atoms with Crippen molar-refractivity contribution in [2.45, 2.75) is 52.4 Å². The number of piperidine rings is 1. The number of pyridine rings is 1. The van der Waals surface area contributed by atoms with Gasteiger partial charge < -0.3 is 5.73 Å². The molecule has 2 N–H and O–H groups in total. The molecular formula is C28H34N4O. The van der Waals surface area contributed by atoms with Crippen LogP contribution in [0.15, 0.2) is 53.3 Å². The van der Waals surface area contributed by atoms with E-state index in [1.807, 2.05) is 24.5 Å². The van der Waals surface area contributed by atoms with Gasteiger partial charge in [0, 0.05) is 42.2 Å². The second kappa shape index (κ2) is 10.3. The number of likely N-dealkylation sites (tertiary alicyclic amines) is 1. The number of Topliss-reactive ketones (excluding diaryl/α,β-unsaturated/α-hetero) is 1. The molecule has 5 nitrogen and oxygen atoms in total. The van der Waals surface area contributed by atoms with E-state index in [2.05, 4.69) is 53.0 Å². The van der Waals surface area contributed by atoms with Gasteiger partial charge in [-0.15, -0.1) is 0 Å². The number of aryl methyl sites for hydroxylation is 1. The quantitative estimate of drug-likeness (QED) is 0.611. The molecule has 4 rings (SSSR count). The van der Waals surface area contributed by atoms with Crippen molar-refractivity contribution in [1.82, 2.24) is 9.88 Å². The minimum absolute atomic E-state index is 0.127. The summed E-state index contributed by atoms with van der Waals surface area (Å²) in [6.45, 7) is 9.05. The van der Waals surface area contributed by atoms with Gasteiger partial charge in [0.05, 0.1) is 5.84 Å². The third-order valence-corrected chi connectivity index (χ3v) is 6.81. The zero-order chi connectivity index (χ0) is 23.4. The molecule has 2 aliphatic heterocycles. The lowest BCUT2D eigenvalue weighted by atomic mass is 9.88. The number of hydrogen-bond acceptors (Lipinski definition) is 5. The highest BCUT2D eigenvalue weighted by molar-refractivity contribution is 5.94. The normalized spacial score (nSPS) is 18.1. The fourth-order valence-corrected chi connectivity index (χ4v) is 4.86. The second-order valence-corrected chi connectivity index (χ2v) is 9.35. The second-order valence-electron chi connectivity index (χ2n) is 9.35. The van der Waals surface area contributed by atoms with Gasteiger partial charge in [-0.1, -0.05) is 35.9 Å². The van der Waals surface area contributed by atoms with Crippen LogP contribution in [-0.2, 0) is 0 Å². The largest absolute Gasteiger partial charge is 0.387 e. The van der Waals surface area contributed by atoms with Crippen LogP contribution >= 0.6 is 0 Å². The number of benzene rings is 1. The number of carbonyl (C=O) groups is 1. The number of allylic oxidation sites excluding steroid dienone is 1. The van der Waals surface area contributed by atoms with Gasteiger partial charge in [-0.05, 0) is 81.8 Å². The summed E-state index contributed by atoms with van der Waals surface area (Å²) in [6.07, 6.45) is 10.1. The average Bonchev–Trinajstić information content (AvgIpc) is 2.81. The Labute approximate surface area is 197 Å². The molecule has 5 heteroatoms. The molecule has 0 amide bonds. The minimum atomic E-state index is 0.127. The van der Waals surface area contributed by atoms with Crippen molar-refractivity contribution in [3.05, 3.63) is 76.2 Å². The Balaban J connectivity index is 1.41. The lowest BCUT2D eigenvalue weighted by molar-refractivity contribution is 0.101. The molecule has 3 heterocycles. The van der Waals surface area contributed by atoms with Crippen molar-refractivity contribution in [2.24, 2.45) is 10.7 Å². The van der Waals surface area contributed by atoms with Crippen molar-refractivity contribution < 1.29 is 4.79 Å². The SMILES string of the molecule is CC(=O)c1ccc(C2CCN(C/C(C)=C/c3c(C4=CN=C(N)CC4)ccnc3C)CC2)cc1. The third-order valence-electron chi connectivity index (χ3n) is 6.81. The van der Waals surface area contributed by atoms with Crippen molar-refractivity contribution in [2.75, 3.05) is 19.6 Å². The van der Waals surface area contributed by atoms with E-state index in [1.54, 1.807) is 6.92 Å². The van der Waals surface area contributed by atoms with Crippen LogP contribution in [0, 0.1) is 6.92 Å². The van der Waals surface area contributed by atoms with Gasteiger partial charge in [-0.2, -0.15) is 0 Å². The number of hydrogen-bond donors (Lipinski definition) is 1. The number of nitrogens with zero attached hydrogens (tertiary/aromatic N) is 3. The lowest BCUT2D eigenvalue weighted by Crippen LogP contribution is -2.34. The van der Waals surface area contributed by atoms with E-state index < -0.39 is 0 Å². The van der Waals surface area contributed by atoms with E-state index in [9.17, 15) is 4.79 Å². The smallest absolute Gasteiger partial charge is 0.159 e. The van der Waals surface area contributed by atoms with Crippen LogP contribution in [0.1, 0.15) is 78.2 Å². The highest BCUT2D eigenvalue weighted by Gasteiger charge is 2.21. The van der Waals surface area contributed by atoms with E-state index in [0.717, 1.165) is 56.6 Å². The van der Waals surface area contributed by atoms with E-state index in [0.29, 0.717) is 11.8 Å². The van der Waals surface area contributed by atoms with Crippen molar-refractivity contribution in [3.63, 3.8) is 0 Å². The first-order chi connectivity index (χ1) is 15.9. The van der Waals surface area contributed by atoms with E-state index in [1.165, 1.54) is 27.8 Å². The predicted octanol–water partition coefficient (Wildman–Crippen LogP) is 5.37. The maximum absolute atomic E-state index is 11.5. The van der Waals surface area contributed by atoms with Crippen LogP contribution in [-0.4, -0.2) is 41.1 Å². The fourth-order valence-electron chi connectivity index (χ4n) is 4.86. The summed E-state index contributed by atoms with van der Waals surface area (Å²) in [4.78, 5) is 23.0. The van der Waals surface area contributed by atoms with Crippen LogP contribution < -0.4 is 5.73 Å². The molecule has 1 aromatic heterocycles. The number of amidine groups is 1. The highest BCUT2D eigenvalue weighted by Crippen LogP contribution is 2.30. The minimum Gasteiger partial charge on any atom is -0.387 e. The molecule has 0 saturated carbocycles. The monoisotopic (exact) mass is 442 g/mol. The molecule has 1 aromatic carbocycles. The summed E-state index contributed by atoms with van der Waals surface area (Å²) in [5.74, 6) is 1.41. The van der Waals surface area contributed by atoms with Gasteiger partial charge in [0.1, 0.15) is 0 Å². The average molecular weight is 443 g/mol. The topological polar surface area (TPSA) is 71.6 Å². The van der Waals surface area contributed by atoms with E-state index in [-0.39, 0.29) is 5.78 Å². The Kier molecular flexibility index (Phi) is 7.19. The highest BCUT2D eigenvalue weighted by atomic mass is 16.1. The molecule has 0 unspecified atom stereocenters. The maximum Gasteiger partial charge on any atom is 0.159 e.